The van der Waals surface area contributed by atoms with Crippen molar-refractivity contribution in [1.82, 2.24) is 9.88 Å². The van der Waals surface area contributed by atoms with Gasteiger partial charge in [0.05, 0.1) is 12.0 Å². The molecule has 1 aliphatic heterocycles. The first-order valence-corrected chi connectivity index (χ1v) is 9.19. The normalized spacial score (nSPS) is 20.3. The number of carbonyl (C=O) groups is 2. The number of ether oxygens (including phenoxy) is 1. The van der Waals surface area contributed by atoms with E-state index in [1.807, 2.05) is 44.2 Å². The minimum Gasteiger partial charge on any atom is -0.481 e. The van der Waals surface area contributed by atoms with Gasteiger partial charge in [-0.2, -0.15) is 0 Å². The van der Waals surface area contributed by atoms with Gasteiger partial charge < -0.3 is 14.7 Å². The van der Waals surface area contributed by atoms with Crippen LogP contribution in [0.1, 0.15) is 42.1 Å². The van der Waals surface area contributed by atoms with Crippen molar-refractivity contribution in [3.63, 3.8) is 0 Å². The monoisotopic (exact) mass is 368 g/mol. The van der Waals surface area contributed by atoms with Gasteiger partial charge in [-0.25, -0.2) is 4.98 Å². The molecule has 6 nitrogen and oxygen atoms in total. The molecule has 0 saturated carbocycles. The average Bonchev–Trinajstić information content (AvgIpc) is 3.14. The number of hydrogen-bond donors (Lipinski definition) is 1. The lowest BCUT2D eigenvalue weighted by Gasteiger charge is -2.17. The van der Waals surface area contributed by atoms with Crippen LogP contribution in [0, 0.1) is 5.92 Å². The molecule has 0 spiro atoms. The number of hydrogen-bond acceptors (Lipinski definition) is 4. The van der Waals surface area contributed by atoms with Crippen LogP contribution in [-0.2, 0) is 4.79 Å². The summed E-state index contributed by atoms with van der Waals surface area (Å²) in [6, 6.07) is 12.8. The van der Waals surface area contributed by atoms with E-state index in [0.717, 1.165) is 12.0 Å². The Bertz CT molecular complexity index is 809. The van der Waals surface area contributed by atoms with Gasteiger partial charge in [0.1, 0.15) is 0 Å². The van der Waals surface area contributed by atoms with Crippen molar-refractivity contribution < 1.29 is 19.4 Å². The largest absolute Gasteiger partial charge is 0.481 e. The zero-order chi connectivity index (χ0) is 19.4. The van der Waals surface area contributed by atoms with E-state index in [-0.39, 0.29) is 24.5 Å². The molecule has 3 rings (SSSR count). The van der Waals surface area contributed by atoms with Crippen LogP contribution in [0.25, 0.3) is 0 Å². The molecule has 1 fully saturated rings. The Morgan fingerprint density at radius 1 is 1.26 bits per heavy atom. The lowest BCUT2D eigenvalue weighted by molar-refractivity contribution is -0.141. The molecule has 6 heteroatoms. The fourth-order valence-corrected chi connectivity index (χ4v) is 3.34. The number of pyridine rings is 1. The molecule has 0 radical (unpaired) electrons. The summed E-state index contributed by atoms with van der Waals surface area (Å²) in [4.78, 5) is 30.4. The van der Waals surface area contributed by atoms with Gasteiger partial charge >= 0.3 is 5.97 Å². The van der Waals surface area contributed by atoms with Gasteiger partial charge in [0.2, 0.25) is 5.88 Å². The summed E-state index contributed by atoms with van der Waals surface area (Å²) in [5.74, 6) is -1.51. The Morgan fingerprint density at radius 3 is 2.67 bits per heavy atom. The van der Waals surface area contributed by atoms with Crippen molar-refractivity contribution in [3.05, 3.63) is 59.8 Å². The van der Waals surface area contributed by atoms with Gasteiger partial charge in [0, 0.05) is 36.8 Å². The summed E-state index contributed by atoms with van der Waals surface area (Å²) in [6.07, 6.45) is 2.39. The molecule has 1 aromatic heterocycles. The first-order valence-electron chi connectivity index (χ1n) is 9.19. The molecule has 1 aromatic carbocycles. The number of carboxylic acids is 1. The fourth-order valence-electron chi connectivity index (χ4n) is 3.34. The molecular weight excluding hydrogens is 344 g/mol. The van der Waals surface area contributed by atoms with Gasteiger partial charge in [-0.05, 0) is 25.0 Å². The maximum atomic E-state index is 12.9. The molecule has 3 unspecified atom stereocenters. The molecule has 2 aromatic rings. The van der Waals surface area contributed by atoms with E-state index in [1.165, 1.54) is 0 Å². The Kier molecular flexibility index (Phi) is 5.74. The van der Waals surface area contributed by atoms with Crippen LogP contribution in [0.2, 0.25) is 0 Å². The third kappa shape index (κ3) is 4.27. The maximum Gasteiger partial charge on any atom is 0.308 e. The highest BCUT2D eigenvalue weighted by Crippen LogP contribution is 2.33. The molecule has 1 N–H and O–H groups in total. The highest BCUT2D eigenvalue weighted by Gasteiger charge is 2.40. The number of carboxylic acid groups (broad SMARTS) is 1. The smallest absolute Gasteiger partial charge is 0.308 e. The average molecular weight is 368 g/mol. The highest BCUT2D eigenvalue weighted by molar-refractivity contribution is 5.95. The number of amides is 1. The number of likely N-dealkylation sites (tertiary alicyclic amines) is 1. The van der Waals surface area contributed by atoms with Crippen LogP contribution >= 0.6 is 0 Å². The van der Waals surface area contributed by atoms with Gasteiger partial charge in [-0.15, -0.1) is 0 Å². The van der Waals surface area contributed by atoms with E-state index < -0.39 is 11.9 Å². The van der Waals surface area contributed by atoms with E-state index >= 15 is 0 Å². The second-order valence-corrected chi connectivity index (χ2v) is 6.89. The number of nitrogens with zero attached hydrogens (tertiary/aromatic N) is 2. The Morgan fingerprint density at radius 2 is 2.00 bits per heavy atom. The molecule has 2 heterocycles. The molecule has 0 aliphatic carbocycles. The molecule has 1 aliphatic rings. The first-order chi connectivity index (χ1) is 13.0. The lowest BCUT2D eigenvalue weighted by Crippen LogP contribution is -2.30. The van der Waals surface area contributed by atoms with Gasteiger partial charge in [-0.1, -0.05) is 37.3 Å². The van der Waals surface area contributed by atoms with Crippen LogP contribution in [0.15, 0.2) is 48.7 Å². The Hall–Kier alpha value is -2.89. The predicted octanol–water partition coefficient (Wildman–Crippen LogP) is 3.20. The van der Waals surface area contributed by atoms with Crippen molar-refractivity contribution in [2.45, 2.75) is 32.3 Å². The van der Waals surface area contributed by atoms with Crippen molar-refractivity contribution in [2.75, 3.05) is 13.1 Å². The summed E-state index contributed by atoms with van der Waals surface area (Å²) in [5.41, 5.74) is 1.40. The lowest BCUT2D eigenvalue weighted by atomic mass is 9.89. The zero-order valence-electron chi connectivity index (χ0n) is 15.5. The number of carbonyl (C=O) groups excluding carboxylic acids is 1. The summed E-state index contributed by atoms with van der Waals surface area (Å²) < 4.78 is 5.69. The maximum absolute atomic E-state index is 12.9. The first kappa shape index (κ1) is 18.9. The van der Waals surface area contributed by atoms with Crippen LogP contribution in [-0.4, -0.2) is 46.1 Å². The van der Waals surface area contributed by atoms with Crippen molar-refractivity contribution in [1.29, 1.82) is 0 Å². The minimum atomic E-state index is -0.880. The molecular formula is C21H24N2O4. The molecule has 3 atom stereocenters. The number of rotatable bonds is 6. The molecule has 27 heavy (non-hydrogen) atoms. The summed E-state index contributed by atoms with van der Waals surface area (Å²) >= 11 is 0. The Labute approximate surface area is 158 Å². The zero-order valence-corrected chi connectivity index (χ0v) is 15.5. The van der Waals surface area contributed by atoms with E-state index in [4.69, 9.17) is 4.74 Å². The van der Waals surface area contributed by atoms with Crippen molar-refractivity contribution in [3.8, 4) is 5.88 Å². The molecule has 1 saturated heterocycles. The fraction of sp³-hybridized carbons (Fsp3) is 0.381. The number of benzene rings is 1. The summed E-state index contributed by atoms with van der Waals surface area (Å²) in [6.45, 7) is 4.53. The van der Waals surface area contributed by atoms with E-state index in [0.29, 0.717) is 18.0 Å². The van der Waals surface area contributed by atoms with E-state index in [2.05, 4.69) is 4.98 Å². The SMILES string of the molecule is CCC(C)Oc1cc(C(=O)N2CC(C(=O)O)C(c3ccccc3)C2)ccn1. The van der Waals surface area contributed by atoms with Gasteiger partial charge in [-0.3, -0.25) is 9.59 Å². The van der Waals surface area contributed by atoms with E-state index in [9.17, 15) is 14.7 Å². The number of aliphatic carboxylic acids is 1. The second-order valence-electron chi connectivity index (χ2n) is 6.89. The third-order valence-electron chi connectivity index (χ3n) is 5.03. The topological polar surface area (TPSA) is 79.7 Å². The van der Waals surface area contributed by atoms with Crippen molar-refractivity contribution in [2.24, 2.45) is 5.92 Å². The van der Waals surface area contributed by atoms with Crippen LogP contribution < -0.4 is 4.74 Å². The number of aromatic nitrogens is 1. The van der Waals surface area contributed by atoms with Crippen LogP contribution in [0.4, 0.5) is 0 Å². The predicted molar refractivity (Wildman–Crippen MR) is 101 cm³/mol. The standard InChI is InChI=1S/C21H24N2O4/c1-3-14(2)27-19-11-16(9-10-22-19)20(24)23-12-17(18(13-23)21(25)26)15-7-5-4-6-8-15/h4-11,14,17-18H,3,12-13H2,1-2H3,(H,25,26). The molecule has 0 bridgehead atoms. The molecule has 142 valence electrons. The second kappa shape index (κ2) is 8.20. The summed E-state index contributed by atoms with van der Waals surface area (Å²) in [5, 5.41) is 9.62. The highest BCUT2D eigenvalue weighted by atomic mass is 16.5. The van der Waals surface area contributed by atoms with Gasteiger partial charge in [0.25, 0.3) is 5.91 Å². The Balaban J connectivity index is 1.79. The molecule has 1 amide bonds. The third-order valence-corrected chi connectivity index (χ3v) is 5.03. The minimum absolute atomic E-state index is 0.00786. The van der Waals surface area contributed by atoms with Gasteiger partial charge in [0.15, 0.2) is 0 Å². The summed E-state index contributed by atoms with van der Waals surface area (Å²) in [7, 11) is 0. The van der Waals surface area contributed by atoms with Crippen LogP contribution in [0.3, 0.4) is 0 Å². The van der Waals surface area contributed by atoms with Crippen LogP contribution in [0.5, 0.6) is 5.88 Å². The van der Waals surface area contributed by atoms with E-state index in [1.54, 1.807) is 23.2 Å². The van der Waals surface area contributed by atoms with Crippen molar-refractivity contribution >= 4 is 11.9 Å². The quantitative estimate of drug-likeness (QED) is 0.847.